The molecule has 0 unspecified atom stereocenters. The molecule has 0 radical (unpaired) electrons. The predicted octanol–water partition coefficient (Wildman–Crippen LogP) is 2.05. The van der Waals surface area contributed by atoms with Gasteiger partial charge in [-0.25, -0.2) is 10.1 Å². The van der Waals surface area contributed by atoms with E-state index in [1.807, 2.05) is 35.0 Å². The van der Waals surface area contributed by atoms with Crippen molar-refractivity contribution in [2.75, 3.05) is 5.43 Å². The van der Waals surface area contributed by atoms with Gasteiger partial charge in [0, 0.05) is 18.1 Å². The number of aromatic amines is 1. The fourth-order valence-electron chi connectivity index (χ4n) is 1.78. The Kier molecular flexibility index (Phi) is 3.97. The number of H-pyrrole nitrogens is 1. The molecule has 3 aromatic rings. The number of hydrazone groups is 1. The maximum atomic E-state index is 11.3. The lowest BCUT2D eigenvalue weighted by atomic mass is 10.2. The molecule has 2 aromatic heterocycles. The number of benzene rings is 1. The molecule has 0 fully saturated rings. The van der Waals surface area contributed by atoms with Crippen molar-refractivity contribution in [1.82, 2.24) is 19.7 Å². The van der Waals surface area contributed by atoms with Crippen LogP contribution in [0.2, 0.25) is 5.02 Å². The molecule has 7 nitrogen and oxygen atoms in total. The van der Waals surface area contributed by atoms with Crippen LogP contribution in [0.5, 0.6) is 0 Å². The molecule has 0 atom stereocenters. The summed E-state index contributed by atoms with van der Waals surface area (Å²) in [7, 11) is 0. The lowest BCUT2D eigenvalue weighted by Crippen LogP contribution is -2.10. The fraction of sp³-hybridized carbons (Fsp3) is 0. The summed E-state index contributed by atoms with van der Waals surface area (Å²) in [5.41, 5.74) is 4.46. The van der Waals surface area contributed by atoms with E-state index in [0.29, 0.717) is 5.69 Å². The van der Waals surface area contributed by atoms with E-state index in [9.17, 15) is 4.79 Å². The van der Waals surface area contributed by atoms with Gasteiger partial charge < -0.3 is 4.57 Å². The van der Waals surface area contributed by atoms with Crippen LogP contribution in [0.1, 0.15) is 5.56 Å². The molecular formula is C14H11ClN6O. The first-order valence-corrected chi connectivity index (χ1v) is 6.72. The van der Waals surface area contributed by atoms with Crippen molar-refractivity contribution in [2.45, 2.75) is 0 Å². The number of rotatable bonds is 4. The van der Waals surface area contributed by atoms with Crippen molar-refractivity contribution in [2.24, 2.45) is 5.10 Å². The topological polar surface area (TPSA) is 88.0 Å². The van der Waals surface area contributed by atoms with Crippen LogP contribution in [0.3, 0.4) is 0 Å². The molecule has 0 bridgehead atoms. The number of halogens is 1. The van der Waals surface area contributed by atoms with Gasteiger partial charge in [-0.15, -0.1) is 0 Å². The smallest absolute Gasteiger partial charge is 0.285 e. The lowest BCUT2D eigenvalue weighted by molar-refractivity contribution is 0.987. The first kappa shape index (κ1) is 14.0. The Labute approximate surface area is 130 Å². The first-order valence-electron chi connectivity index (χ1n) is 6.35. The number of nitrogens with zero attached hydrogens (tertiary/aromatic N) is 4. The molecule has 3 rings (SSSR count). The SMILES string of the molecule is O=c1[nH]ncc(N/N=C\c2ccc(-n3ccnc3)cc2)c1Cl. The average molecular weight is 315 g/mol. The number of nitrogens with one attached hydrogen (secondary N) is 2. The Balaban J connectivity index is 1.70. The molecule has 0 aliphatic carbocycles. The van der Waals surface area contributed by atoms with Crippen molar-refractivity contribution >= 4 is 23.5 Å². The molecule has 110 valence electrons. The van der Waals surface area contributed by atoms with Gasteiger partial charge in [0.1, 0.15) is 10.7 Å². The summed E-state index contributed by atoms with van der Waals surface area (Å²) in [5.74, 6) is 0. The maximum absolute atomic E-state index is 11.3. The van der Waals surface area contributed by atoms with Crippen molar-refractivity contribution < 1.29 is 0 Å². The van der Waals surface area contributed by atoms with E-state index in [1.54, 1.807) is 18.7 Å². The number of hydrogen-bond donors (Lipinski definition) is 2. The van der Waals surface area contributed by atoms with Gasteiger partial charge in [0.25, 0.3) is 5.56 Å². The van der Waals surface area contributed by atoms with Crippen molar-refractivity contribution in [3.63, 3.8) is 0 Å². The van der Waals surface area contributed by atoms with E-state index in [-0.39, 0.29) is 5.02 Å². The molecule has 1 aromatic carbocycles. The van der Waals surface area contributed by atoms with Gasteiger partial charge in [-0.3, -0.25) is 10.2 Å². The molecule has 0 aliphatic rings. The highest BCUT2D eigenvalue weighted by molar-refractivity contribution is 6.32. The van der Waals surface area contributed by atoms with Gasteiger partial charge in [0.2, 0.25) is 0 Å². The van der Waals surface area contributed by atoms with E-state index >= 15 is 0 Å². The van der Waals surface area contributed by atoms with Crippen molar-refractivity contribution in [3.8, 4) is 5.69 Å². The zero-order valence-electron chi connectivity index (χ0n) is 11.3. The van der Waals surface area contributed by atoms with Gasteiger partial charge in [0.05, 0.1) is 18.7 Å². The van der Waals surface area contributed by atoms with Crippen LogP contribution in [-0.4, -0.2) is 26.0 Å². The molecule has 2 heterocycles. The fourth-order valence-corrected chi connectivity index (χ4v) is 1.92. The van der Waals surface area contributed by atoms with Gasteiger partial charge in [-0.1, -0.05) is 23.7 Å². The standard InChI is InChI=1S/C14H11ClN6O/c15-13-12(8-18-20-14(13)22)19-17-7-10-1-3-11(4-2-10)21-6-5-16-9-21/h1-9H,(H2,19,20,22)/b17-7-. The third kappa shape index (κ3) is 3.04. The summed E-state index contributed by atoms with van der Waals surface area (Å²) in [6.45, 7) is 0. The molecule has 0 saturated heterocycles. The minimum Gasteiger partial charge on any atom is -0.306 e. The monoisotopic (exact) mass is 314 g/mol. The lowest BCUT2D eigenvalue weighted by Gasteiger charge is -2.02. The molecule has 2 N–H and O–H groups in total. The second-order valence-electron chi connectivity index (χ2n) is 4.36. The Morgan fingerprint density at radius 1 is 1.32 bits per heavy atom. The van der Waals surface area contributed by atoms with E-state index in [1.165, 1.54) is 6.20 Å². The van der Waals surface area contributed by atoms with Crippen LogP contribution in [0.15, 0.2) is 59.1 Å². The largest absolute Gasteiger partial charge is 0.306 e. The van der Waals surface area contributed by atoms with Crippen LogP contribution < -0.4 is 11.0 Å². The Morgan fingerprint density at radius 2 is 2.14 bits per heavy atom. The highest BCUT2D eigenvalue weighted by Gasteiger charge is 2.02. The molecule has 8 heteroatoms. The summed E-state index contributed by atoms with van der Waals surface area (Å²) in [5, 5.41) is 9.93. The normalized spacial score (nSPS) is 11.0. The Bertz CT molecular complexity index is 839. The number of hydrogen-bond acceptors (Lipinski definition) is 5. The average Bonchev–Trinajstić information content (AvgIpc) is 3.07. The molecule has 0 amide bonds. The summed E-state index contributed by atoms with van der Waals surface area (Å²) in [4.78, 5) is 15.3. The van der Waals surface area contributed by atoms with E-state index < -0.39 is 5.56 Å². The maximum Gasteiger partial charge on any atom is 0.285 e. The molecular weight excluding hydrogens is 304 g/mol. The summed E-state index contributed by atoms with van der Waals surface area (Å²) in [6.07, 6.45) is 8.33. The summed E-state index contributed by atoms with van der Waals surface area (Å²) >= 11 is 5.82. The minimum absolute atomic E-state index is 0.0163. The third-order valence-electron chi connectivity index (χ3n) is 2.89. The van der Waals surface area contributed by atoms with E-state index in [2.05, 4.69) is 25.7 Å². The number of aromatic nitrogens is 4. The highest BCUT2D eigenvalue weighted by atomic mass is 35.5. The summed E-state index contributed by atoms with van der Waals surface area (Å²) < 4.78 is 1.90. The third-order valence-corrected chi connectivity index (χ3v) is 3.27. The predicted molar refractivity (Wildman–Crippen MR) is 84.6 cm³/mol. The van der Waals surface area contributed by atoms with E-state index in [0.717, 1.165) is 11.3 Å². The van der Waals surface area contributed by atoms with Crippen molar-refractivity contribution in [3.05, 3.63) is 70.1 Å². The Morgan fingerprint density at radius 3 is 2.86 bits per heavy atom. The molecule has 0 aliphatic heterocycles. The molecule has 22 heavy (non-hydrogen) atoms. The van der Waals surface area contributed by atoms with Crippen LogP contribution in [-0.2, 0) is 0 Å². The quantitative estimate of drug-likeness (QED) is 0.570. The second-order valence-corrected chi connectivity index (χ2v) is 4.74. The summed E-state index contributed by atoms with van der Waals surface area (Å²) in [6, 6.07) is 7.73. The van der Waals surface area contributed by atoms with Crippen LogP contribution in [0, 0.1) is 0 Å². The van der Waals surface area contributed by atoms with Crippen LogP contribution in [0.4, 0.5) is 5.69 Å². The molecule has 0 spiro atoms. The first-order chi connectivity index (χ1) is 10.7. The van der Waals surface area contributed by atoms with E-state index in [4.69, 9.17) is 11.6 Å². The van der Waals surface area contributed by atoms with Gasteiger partial charge >= 0.3 is 0 Å². The minimum atomic E-state index is -0.466. The van der Waals surface area contributed by atoms with Crippen LogP contribution >= 0.6 is 11.6 Å². The zero-order valence-corrected chi connectivity index (χ0v) is 12.0. The number of anilines is 1. The Hall–Kier alpha value is -2.93. The zero-order chi connectivity index (χ0) is 15.4. The molecule has 0 saturated carbocycles. The second kappa shape index (κ2) is 6.23. The van der Waals surface area contributed by atoms with Gasteiger partial charge in [-0.05, 0) is 17.7 Å². The van der Waals surface area contributed by atoms with Crippen molar-refractivity contribution in [1.29, 1.82) is 0 Å². The van der Waals surface area contributed by atoms with Gasteiger partial charge in [-0.2, -0.15) is 10.2 Å². The number of imidazole rings is 1. The van der Waals surface area contributed by atoms with Gasteiger partial charge in [0.15, 0.2) is 0 Å². The van der Waals surface area contributed by atoms with Crippen LogP contribution in [0.25, 0.3) is 5.69 Å². The highest BCUT2D eigenvalue weighted by Crippen LogP contribution is 2.14.